The van der Waals surface area contributed by atoms with E-state index in [2.05, 4.69) is 4.98 Å². The van der Waals surface area contributed by atoms with Gasteiger partial charge in [0.05, 0.1) is 12.9 Å². The number of hydrogen-bond acceptors (Lipinski definition) is 7. The summed E-state index contributed by atoms with van der Waals surface area (Å²) in [4.78, 5) is 3.93. The molecule has 1 fully saturated rings. The van der Waals surface area contributed by atoms with Crippen molar-refractivity contribution in [3.05, 3.63) is 12.0 Å². The van der Waals surface area contributed by atoms with Gasteiger partial charge in [0.2, 0.25) is 0 Å². The Morgan fingerprint density at radius 1 is 1.50 bits per heavy atom. The molecule has 1 aromatic rings. The van der Waals surface area contributed by atoms with Crippen molar-refractivity contribution < 1.29 is 20.1 Å². The summed E-state index contributed by atoms with van der Waals surface area (Å²) in [6.07, 6.45) is -2.93. The number of nitrogen functional groups attached to an aromatic ring is 1. The van der Waals surface area contributed by atoms with Gasteiger partial charge in [0.25, 0.3) is 0 Å². The second-order valence-corrected chi connectivity index (χ2v) is 4.42. The summed E-state index contributed by atoms with van der Waals surface area (Å²) in [7, 11) is 0. The highest BCUT2D eigenvalue weighted by Gasteiger charge is 2.44. The third-order valence-corrected chi connectivity index (χ3v) is 3.05. The van der Waals surface area contributed by atoms with Crippen LogP contribution in [0, 0.1) is 0 Å². The summed E-state index contributed by atoms with van der Waals surface area (Å²) in [6.45, 7) is -0.411. The van der Waals surface area contributed by atoms with Crippen LogP contribution in [0.1, 0.15) is 11.9 Å². The van der Waals surface area contributed by atoms with Crippen LogP contribution in [0.4, 0.5) is 5.82 Å². The number of nitrogens with two attached hydrogens (primary N) is 2. The number of nitrogens with zero attached hydrogens (tertiary/aromatic N) is 2. The number of ether oxygens (including phenoxy) is 1. The minimum absolute atomic E-state index is 0.0259. The van der Waals surface area contributed by atoms with E-state index >= 15 is 0 Å². The normalized spacial score (nSPS) is 31.7. The summed E-state index contributed by atoms with van der Waals surface area (Å²) in [6, 6.07) is 0. The van der Waals surface area contributed by atoms with Gasteiger partial charge >= 0.3 is 0 Å². The number of aliphatic hydroxyl groups is 3. The maximum Gasteiger partial charge on any atom is 0.165 e. The van der Waals surface area contributed by atoms with Gasteiger partial charge in [-0.3, -0.25) is 4.57 Å². The predicted octanol–water partition coefficient (Wildman–Crippen LogP) is -2.29. The number of imidazole rings is 1. The van der Waals surface area contributed by atoms with Gasteiger partial charge in [-0.05, 0) is 0 Å². The van der Waals surface area contributed by atoms with Crippen molar-refractivity contribution in [2.45, 2.75) is 24.5 Å². The standard InChI is InChI=1S/C9H14N4O4S/c10-7-4(8(11)18)12-2-13(7)9-6(16)5(15)3(1-14)17-9/h2-3,5-6,9,14-16H,1,10H2,(H2,11,18)/t3-,5+,6+,9-/m0/s1. The number of aliphatic hydroxyl groups excluding tert-OH is 3. The van der Waals surface area contributed by atoms with E-state index in [1.54, 1.807) is 0 Å². The lowest BCUT2D eigenvalue weighted by Gasteiger charge is -2.17. The number of aromatic nitrogens is 2. The molecule has 0 aromatic carbocycles. The van der Waals surface area contributed by atoms with Gasteiger partial charge < -0.3 is 31.5 Å². The molecule has 9 heteroatoms. The predicted molar refractivity (Wildman–Crippen MR) is 65.5 cm³/mol. The number of hydrogen-bond donors (Lipinski definition) is 5. The van der Waals surface area contributed by atoms with E-state index < -0.39 is 31.1 Å². The van der Waals surface area contributed by atoms with Gasteiger partial charge in [-0.2, -0.15) is 0 Å². The lowest BCUT2D eigenvalue weighted by Crippen LogP contribution is -2.33. The molecule has 0 unspecified atom stereocenters. The fourth-order valence-electron chi connectivity index (χ4n) is 1.87. The Kier molecular flexibility index (Phi) is 3.50. The Hall–Kier alpha value is -1.26. The summed E-state index contributed by atoms with van der Waals surface area (Å²) < 4.78 is 6.62. The molecule has 4 atom stereocenters. The molecule has 0 saturated carbocycles. The molecule has 18 heavy (non-hydrogen) atoms. The lowest BCUT2D eigenvalue weighted by atomic mass is 10.1. The quantitative estimate of drug-likeness (QED) is 0.388. The third kappa shape index (κ3) is 1.95. The van der Waals surface area contributed by atoms with Gasteiger partial charge in [0.1, 0.15) is 34.8 Å². The molecule has 0 spiro atoms. The highest BCUT2D eigenvalue weighted by atomic mass is 32.1. The summed E-state index contributed by atoms with van der Waals surface area (Å²) in [5.41, 5.74) is 11.4. The Morgan fingerprint density at radius 2 is 2.17 bits per heavy atom. The van der Waals surface area contributed by atoms with Crippen molar-refractivity contribution in [3.8, 4) is 0 Å². The molecule has 1 aromatic heterocycles. The summed E-state index contributed by atoms with van der Waals surface area (Å²) >= 11 is 4.77. The maximum absolute atomic E-state index is 9.83. The topological polar surface area (TPSA) is 140 Å². The number of thiocarbonyl (C=S) groups is 1. The van der Waals surface area contributed by atoms with Gasteiger partial charge in [-0.25, -0.2) is 4.98 Å². The average Bonchev–Trinajstić information content (AvgIpc) is 2.82. The first-order chi connectivity index (χ1) is 8.47. The van der Waals surface area contributed by atoms with E-state index in [9.17, 15) is 10.2 Å². The van der Waals surface area contributed by atoms with Crippen LogP contribution in [0.15, 0.2) is 6.33 Å². The smallest absolute Gasteiger partial charge is 0.165 e. The van der Waals surface area contributed by atoms with Crippen LogP contribution in [-0.2, 0) is 4.74 Å². The number of anilines is 1. The Bertz CT molecular complexity index is 465. The highest BCUT2D eigenvalue weighted by Crippen LogP contribution is 2.31. The number of rotatable bonds is 3. The SMILES string of the molecule is NC(=S)c1ncn([C@H]2O[C@@H](CO)[C@@H](O)[C@H]2O)c1N. The third-order valence-electron chi connectivity index (χ3n) is 2.86. The van der Waals surface area contributed by atoms with Crippen molar-refractivity contribution in [1.82, 2.24) is 9.55 Å². The maximum atomic E-state index is 9.83. The Balaban J connectivity index is 2.30. The van der Waals surface area contributed by atoms with Gasteiger partial charge in [0, 0.05) is 0 Å². The molecular weight excluding hydrogens is 260 g/mol. The second-order valence-electron chi connectivity index (χ2n) is 3.98. The zero-order valence-corrected chi connectivity index (χ0v) is 10.1. The molecule has 8 nitrogen and oxygen atoms in total. The molecule has 7 N–H and O–H groups in total. The van der Waals surface area contributed by atoms with E-state index in [1.807, 2.05) is 0 Å². The zero-order chi connectivity index (χ0) is 13.4. The van der Waals surface area contributed by atoms with Crippen LogP contribution in [0.3, 0.4) is 0 Å². The minimum Gasteiger partial charge on any atom is -0.394 e. The monoisotopic (exact) mass is 274 g/mol. The van der Waals surface area contributed by atoms with Crippen molar-refractivity contribution in [1.29, 1.82) is 0 Å². The van der Waals surface area contributed by atoms with E-state index in [0.29, 0.717) is 0 Å². The molecule has 2 rings (SSSR count). The van der Waals surface area contributed by atoms with Crippen molar-refractivity contribution in [2.75, 3.05) is 12.3 Å². The largest absolute Gasteiger partial charge is 0.394 e. The zero-order valence-electron chi connectivity index (χ0n) is 9.30. The first kappa shape index (κ1) is 13.2. The molecule has 1 aliphatic heterocycles. The average molecular weight is 274 g/mol. The lowest BCUT2D eigenvalue weighted by molar-refractivity contribution is -0.0517. The molecule has 0 radical (unpaired) electrons. The van der Waals surface area contributed by atoms with Crippen molar-refractivity contribution in [2.24, 2.45) is 5.73 Å². The van der Waals surface area contributed by atoms with E-state index in [-0.39, 0.29) is 16.5 Å². The van der Waals surface area contributed by atoms with Crippen LogP contribution in [0.5, 0.6) is 0 Å². The Morgan fingerprint density at radius 3 is 2.61 bits per heavy atom. The fourth-order valence-corrected chi connectivity index (χ4v) is 2.03. The second kappa shape index (κ2) is 4.78. The molecular formula is C9H14N4O4S. The Labute approximate surface area is 108 Å². The molecule has 1 saturated heterocycles. The van der Waals surface area contributed by atoms with Crippen LogP contribution in [0.25, 0.3) is 0 Å². The fraction of sp³-hybridized carbons (Fsp3) is 0.556. The van der Waals surface area contributed by atoms with Crippen LogP contribution in [0.2, 0.25) is 0 Å². The van der Waals surface area contributed by atoms with E-state index in [0.717, 1.165) is 0 Å². The van der Waals surface area contributed by atoms with E-state index in [1.165, 1.54) is 10.9 Å². The highest BCUT2D eigenvalue weighted by molar-refractivity contribution is 7.80. The molecule has 0 amide bonds. The van der Waals surface area contributed by atoms with Crippen LogP contribution in [-0.4, -0.2) is 54.8 Å². The van der Waals surface area contributed by atoms with Gasteiger partial charge in [-0.1, -0.05) is 12.2 Å². The molecule has 1 aliphatic rings. The van der Waals surface area contributed by atoms with Crippen LogP contribution < -0.4 is 11.5 Å². The minimum atomic E-state index is -1.22. The molecule has 2 heterocycles. The molecule has 100 valence electrons. The first-order valence-electron chi connectivity index (χ1n) is 5.22. The van der Waals surface area contributed by atoms with Crippen molar-refractivity contribution in [3.63, 3.8) is 0 Å². The molecule has 0 aliphatic carbocycles. The van der Waals surface area contributed by atoms with Gasteiger partial charge in [-0.15, -0.1) is 0 Å². The summed E-state index contributed by atoms with van der Waals surface area (Å²) in [5, 5.41) is 28.5. The first-order valence-corrected chi connectivity index (χ1v) is 5.62. The summed E-state index contributed by atoms with van der Waals surface area (Å²) in [5.74, 6) is 0.136. The van der Waals surface area contributed by atoms with E-state index in [4.69, 9.17) is 33.5 Å². The molecule has 0 bridgehead atoms. The van der Waals surface area contributed by atoms with Gasteiger partial charge in [0.15, 0.2) is 6.23 Å². The van der Waals surface area contributed by atoms with Crippen molar-refractivity contribution >= 4 is 23.0 Å². The van der Waals surface area contributed by atoms with Crippen LogP contribution >= 0.6 is 12.2 Å².